The predicted octanol–water partition coefficient (Wildman–Crippen LogP) is 4.81. The summed E-state index contributed by atoms with van der Waals surface area (Å²) in [5.41, 5.74) is 2.13. The Morgan fingerprint density at radius 3 is 2.61 bits per heavy atom. The molecule has 1 atom stereocenters. The molecule has 0 unspecified atom stereocenters. The zero-order chi connectivity index (χ0) is 19.9. The smallest absolute Gasteiger partial charge is 0.261 e. The van der Waals surface area contributed by atoms with Gasteiger partial charge < -0.3 is 14.8 Å². The normalized spacial score (nSPS) is 11.8. The standard InChI is InChI=1S/C24H27NO3/c1-4-21(28-23-16-17(2)12-13-18(23)3)24(26)25-14-15-27-22-11-7-9-19-8-5-6-10-20(19)22/h5-13,16,21H,4,14-15H2,1-3H3,(H,25,26)/t21-/m0/s1. The van der Waals surface area contributed by atoms with Gasteiger partial charge in [0.1, 0.15) is 18.1 Å². The molecule has 0 heterocycles. The van der Waals surface area contributed by atoms with Crippen molar-refractivity contribution in [2.45, 2.75) is 33.3 Å². The highest BCUT2D eigenvalue weighted by molar-refractivity contribution is 5.88. The fourth-order valence-electron chi connectivity index (χ4n) is 3.08. The largest absolute Gasteiger partial charge is 0.491 e. The molecular formula is C24H27NO3. The second-order valence-electron chi connectivity index (χ2n) is 6.90. The van der Waals surface area contributed by atoms with Crippen LogP contribution in [0.1, 0.15) is 24.5 Å². The van der Waals surface area contributed by atoms with Gasteiger partial charge >= 0.3 is 0 Å². The molecule has 0 saturated carbocycles. The minimum atomic E-state index is -0.516. The quantitative estimate of drug-likeness (QED) is 0.573. The minimum absolute atomic E-state index is 0.120. The van der Waals surface area contributed by atoms with Crippen LogP contribution in [0, 0.1) is 13.8 Å². The summed E-state index contributed by atoms with van der Waals surface area (Å²) in [6.45, 7) is 6.77. The number of benzene rings is 3. The molecule has 3 aromatic carbocycles. The molecule has 4 heteroatoms. The highest BCUT2D eigenvalue weighted by atomic mass is 16.5. The Morgan fingerprint density at radius 2 is 1.79 bits per heavy atom. The van der Waals surface area contributed by atoms with Gasteiger partial charge in [0, 0.05) is 5.39 Å². The first kappa shape index (κ1) is 19.7. The van der Waals surface area contributed by atoms with Gasteiger partial charge in [0.2, 0.25) is 0 Å². The summed E-state index contributed by atoms with van der Waals surface area (Å²) >= 11 is 0. The van der Waals surface area contributed by atoms with E-state index in [1.807, 2.05) is 69.3 Å². The molecule has 4 nitrogen and oxygen atoms in total. The summed E-state index contributed by atoms with van der Waals surface area (Å²) in [4.78, 5) is 12.5. The first-order valence-corrected chi connectivity index (χ1v) is 9.70. The van der Waals surface area contributed by atoms with Crippen LogP contribution in [-0.4, -0.2) is 25.2 Å². The molecule has 0 aliphatic heterocycles. The Hall–Kier alpha value is -3.01. The number of nitrogens with one attached hydrogen (secondary N) is 1. The molecule has 1 amide bonds. The Labute approximate surface area is 166 Å². The molecule has 0 aliphatic carbocycles. The first-order valence-electron chi connectivity index (χ1n) is 9.70. The van der Waals surface area contributed by atoms with Crippen LogP contribution in [0.25, 0.3) is 10.8 Å². The molecule has 3 aromatic rings. The van der Waals surface area contributed by atoms with Crippen LogP contribution in [0.3, 0.4) is 0 Å². The predicted molar refractivity (Wildman–Crippen MR) is 113 cm³/mol. The van der Waals surface area contributed by atoms with E-state index >= 15 is 0 Å². The van der Waals surface area contributed by atoms with E-state index in [1.54, 1.807) is 0 Å². The number of carbonyl (C=O) groups is 1. The lowest BCUT2D eigenvalue weighted by atomic mass is 10.1. The van der Waals surface area contributed by atoms with Crippen LogP contribution in [0.4, 0.5) is 0 Å². The van der Waals surface area contributed by atoms with E-state index in [-0.39, 0.29) is 5.91 Å². The van der Waals surface area contributed by atoms with E-state index < -0.39 is 6.10 Å². The Kier molecular flexibility index (Phi) is 6.53. The van der Waals surface area contributed by atoms with Crippen molar-refractivity contribution in [1.29, 1.82) is 0 Å². The zero-order valence-electron chi connectivity index (χ0n) is 16.7. The minimum Gasteiger partial charge on any atom is -0.491 e. The third kappa shape index (κ3) is 4.83. The van der Waals surface area contributed by atoms with Gasteiger partial charge in [0.25, 0.3) is 5.91 Å². The number of rotatable bonds is 8. The van der Waals surface area contributed by atoms with Gasteiger partial charge in [-0.2, -0.15) is 0 Å². The Morgan fingerprint density at radius 1 is 1.00 bits per heavy atom. The lowest BCUT2D eigenvalue weighted by Crippen LogP contribution is -2.39. The maximum absolute atomic E-state index is 12.5. The second-order valence-corrected chi connectivity index (χ2v) is 6.90. The van der Waals surface area contributed by atoms with Crippen molar-refractivity contribution >= 4 is 16.7 Å². The maximum Gasteiger partial charge on any atom is 0.261 e. The molecule has 0 bridgehead atoms. The first-order chi connectivity index (χ1) is 13.6. The fourth-order valence-corrected chi connectivity index (χ4v) is 3.08. The average Bonchev–Trinajstić information content (AvgIpc) is 2.71. The molecule has 1 N–H and O–H groups in total. The van der Waals surface area contributed by atoms with Crippen molar-refractivity contribution in [3.63, 3.8) is 0 Å². The van der Waals surface area contributed by atoms with Gasteiger partial charge in [-0.3, -0.25) is 4.79 Å². The topological polar surface area (TPSA) is 47.6 Å². The molecule has 0 fully saturated rings. The molecule has 0 saturated heterocycles. The molecule has 0 aliphatic rings. The monoisotopic (exact) mass is 377 g/mol. The van der Waals surface area contributed by atoms with Gasteiger partial charge in [0.05, 0.1) is 6.54 Å². The summed E-state index contributed by atoms with van der Waals surface area (Å²) in [5.74, 6) is 1.46. The average molecular weight is 377 g/mol. The molecule has 146 valence electrons. The molecule has 0 radical (unpaired) electrons. The summed E-state index contributed by atoms with van der Waals surface area (Å²) in [5, 5.41) is 5.12. The number of hydrogen-bond donors (Lipinski definition) is 1. The molecular weight excluding hydrogens is 350 g/mol. The van der Waals surface area contributed by atoms with E-state index in [1.165, 1.54) is 0 Å². The number of hydrogen-bond acceptors (Lipinski definition) is 3. The van der Waals surface area contributed by atoms with E-state index in [4.69, 9.17) is 9.47 Å². The van der Waals surface area contributed by atoms with Gasteiger partial charge in [-0.25, -0.2) is 0 Å². The molecule has 3 rings (SSSR count). The second kappa shape index (κ2) is 9.27. The van der Waals surface area contributed by atoms with Crippen molar-refractivity contribution in [3.05, 3.63) is 71.8 Å². The van der Waals surface area contributed by atoms with Crippen LogP contribution in [0.15, 0.2) is 60.7 Å². The lowest BCUT2D eigenvalue weighted by Gasteiger charge is -2.19. The van der Waals surface area contributed by atoms with Crippen LogP contribution >= 0.6 is 0 Å². The third-order valence-electron chi connectivity index (χ3n) is 4.68. The lowest BCUT2D eigenvalue weighted by molar-refractivity contribution is -0.128. The van der Waals surface area contributed by atoms with Crippen LogP contribution < -0.4 is 14.8 Å². The van der Waals surface area contributed by atoms with Gasteiger partial charge in [-0.1, -0.05) is 55.5 Å². The van der Waals surface area contributed by atoms with Crippen molar-refractivity contribution in [2.24, 2.45) is 0 Å². The number of carbonyl (C=O) groups excluding carboxylic acids is 1. The van der Waals surface area contributed by atoms with Gasteiger partial charge in [-0.05, 0) is 48.9 Å². The molecule has 0 spiro atoms. The van der Waals surface area contributed by atoms with Gasteiger partial charge in [0.15, 0.2) is 6.10 Å². The highest BCUT2D eigenvalue weighted by Gasteiger charge is 2.18. The molecule has 28 heavy (non-hydrogen) atoms. The fraction of sp³-hybridized carbons (Fsp3) is 0.292. The SMILES string of the molecule is CC[C@H](Oc1cc(C)ccc1C)C(=O)NCCOc1cccc2ccccc12. The van der Waals surface area contributed by atoms with E-state index in [0.717, 1.165) is 33.4 Å². The van der Waals surface area contributed by atoms with E-state index in [2.05, 4.69) is 17.4 Å². The van der Waals surface area contributed by atoms with E-state index in [0.29, 0.717) is 19.6 Å². The van der Waals surface area contributed by atoms with Crippen LogP contribution in [-0.2, 0) is 4.79 Å². The third-order valence-corrected chi connectivity index (χ3v) is 4.68. The Balaban J connectivity index is 1.53. The van der Waals surface area contributed by atoms with Crippen molar-refractivity contribution in [3.8, 4) is 11.5 Å². The van der Waals surface area contributed by atoms with Crippen molar-refractivity contribution in [1.82, 2.24) is 5.32 Å². The summed E-state index contributed by atoms with van der Waals surface area (Å²) < 4.78 is 11.8. The molecule has 0 aromatic heterocycles. The maximum atomic E-state index is 12.5. The number of amides is 1. The van der Waals surface area contributed by atoms with Crippen LogP contribution in [0.2, 0.25) is 0 Å². The van der Waals surface area contributed by atoms with E-state index in [9.17, 15) is 4.79 Å². The van der Waals surface area contributed by atoms with Crippen molar-refractivity contribution in [2.75, 3.05) is 13.2 Å². The van der Waals surface area contributed by atoms with Crippen LogP contribution in [0.5, 0.6) is 11.5 Å². The summed E-state index contributed by atoms with van der Waals surface area (Å²) in [6.07, 6.45) is 0.0849. The highest BCUT2D eigenvalue weighted by Crippen LogP contribution is 2.25. The zero-order valence-corrected chi connectivity index (χ0v) is 16.7. The summed E-state index contributed by atoms with van der Waals surface area (Å²) in [6, 6.07) is 20.1. The van der Waals surface area contributed by atoms with Gasteiger partial charge in [-0.15, -0.1) is 0 Å². The number of aryl methyl sites for hydroxylation is 2. The Bertz CT molecular complexity index is 946. The number of ether oxygens (including phenoxy) is 2. The number of fused-ring (bicyclic) bond motifs is 1. The van der Waals surface area contributed by atoms with Crippen molar-refractivity contribution < 1.29 is 14.3 Å². The summed E-state index contributed by atoms with van der Waals surface area (Å²) in [7, 11) is 0.